The van der Waals surface area contributed by atoms with E-state index >= 15 is 0 Å². The minimum absolute atomic E-state index is 0.128. The lowest BCUT2D eigenvalue weighted by Gasteiger charge is -2.16. The zero-order valence-corrected chi connectivity index (χ0v) is 13.0. The Morgan fingerprint density at radius 2 is 2.00 bits per heavy atom. The zero-order valence-electron chi connectivity index (χ0n) is 12.2. The molecule has 1 aromatic carbocycles. The summed E-state index contributed by atoms with van der Waals surface area (Å²) >= 11 is 1.53. The van der Waals surface area contributed by atoms with Crippen LogP contribution < -0.4 is 11.1 Å². The fourth-order valence-electron chi connectivity index (χ4n) is 2.62. The molecule has 0 heterocycles. The van der Waals surface area contributed by atoms with Crippen LogP contribution in [0.1, 0.15) is 44.1 Å². The first kappa shape index (κ1) is 15.2. The molecular weight excluding hydrogens is 268 g/mol. The molecule has 0 aliphatic heterocycles. The summed E-state index contributed by atoms with van der Waals surface area (Å²) in [5, 5.41) is 3.16. The maximum absolute atomic E-state index is 12.0. The lowest BCUT2D eigenvalue weighted by molar-refractivity contribution is -0.119. The average molecular weight is 292 g/mol. The Labute approximate surface area is 125 Å². The number of nitrogens with one attached hydrogen (secondary N) is 1. The standard InChI is InChI=1S/C16H24N2OS/c1-12-7-6-10-14(16(12)17)20-11-15(19)18-13-8-4-2-3-5-9-13/h6-7,10,13H,2-5,8-9,11,17H2,1H3,(H,18,19). The van der Waals surface area contributed by atoms with Gasteiger partial charge in [-0.25, -0.2) is 0 Å². The lowest BCUT2D eigenvalue weighted by Crippen LogP contribution is -2.35. The fraction of sp³-hybridized carbons (Fsp3) is 0.562. The largest absolute Gasteiger partial charge is 0.398 e. The van der Waals surface area contributed by atoms with Crippen LogP contribution in [0.3, 0.4) is 0 Å². The van der Waals surface area contributed by atoms with Gasteiger partial charge < -0.3 is 11.1 Å². The van der Waals surface area contributed by atoms with E-state index in [1.165, 1.54) is 37.4 Å². The van der Waals surface area contributed by atoms with Crippen LogP contribution in [-0.2, 0) is 4.79 Å². The number of amides is 1. The summed E-state index contributed by atoms with van der Waals surface area (Å²) in [6.07, 6.45) is 7.35. The molecule has 0 aromatic heterocycles. The van der Waals surface area contributed by atoms with Gasteiger partial charge >= 0.3 is 0 Å². The molecule has 3 nitrogen and oxygen atoms in total. The van der Waals surface area contributed by atoms with E-state index < -0.39 is 0 Å². The van der Waals surface area contributed by atoms with Crippen molar-refractivity contribution in [1.82, 2.24) is 5.32 Å². The van der Waals surface area contributed by atoms with Gasteiger partial charge in [0, 0.05) is 16.6 Å². The van der Waals surface area contributed by atoms with Crippen LogP contribution in [0.4, 0.5) is 5.69 Å². The summed E-state index contributed by atoms with van der Waals surface area (Å²) in [5.74, 6) is 0.576. The Morgan fingerprint density at radius 3 is 2.70 bits per heavy atom. The van der Waals surface area contributed by atoms with Crippen LogP contribution in [0.15, 0.2) is 23.1 Å². The number of benzene rings is 1. The highest BCUT2D eigenvalue weighted by molar-refractivity contribution is 8.00. The van der Waals surface area contributed by atoms with Crippen molar-refractivity contribution < 1.29 is 4.79 Å². The van der Waals surface area contributed by atoms with Crippen LogP contribution in [0.25, 0.3) is 0 Å². The van der Waals surface area contributed by atoms with Gasteiger partial charge in [0.05, 0.1) is 5.75 Å². The summed E-state index contributed by atoms with van der Waals surface area (Å²) in [6, 6.07) is 6.33. The van der Waals surface area contributed by atoms with Crippen molar-refractivity contribution in [3.05, 3.63) is 23.8 Å². The number of anilines is 1. The Hall–Kier alpha value is -1.16. The van der Waals surface area contributed by atoms with Crippen molar-refractivity contribution in [3.63, 3.8) is 0 Å². The number of nitrogens with two attached hydrogens (primary N) is 1. The molecule has 0 bridgehead atoms. The topological polar surface area (TPSA) is 55.1 Å². The van der Waals surface area contributed by atoms with Crippen LogP contribution >= 0.6 is 11.8 Å². The van der Waals surface area contributed by atoms with Crippen LogP contribution in [0.2, 0.25) is 0 Å². The number of para-hydroxylation sites is 1. The zero-order chi connectivity index (χ0) is 14.4. The van der Waals surface area contributed by atoms with Gasteiger partial charge in [-0.05, 0) is 31.4 Å². The minimum Gasteiger partial charge on any atom is -0.398 e. The summed E-state index contributed by atoms with van der Waals surface area (Å²) in [5.41, 5.74) is 7.88. The van der Waals surface area contributed by atoms with Crippen LogP contribution in [0.5, 0.6) is 0 Å². The molecule has 1 aliphatic rings. The van der Waals surface area contributed by atoms with E-state index in [0.29, 0.717) is 11.8 Å². The molecule has 110 valence electrons. The van der Waals surface area contributed by atoms with Crippen molar-refractivity contribution in [2.45, 2.75) is 56.4 Å². The number of aryl methyl sites for hydroxylation is 1. The second kappa shape index (κ2) is 7.58. The summed E-state index contributed by atoms with van der Waals surface area (Å²) < 4.78 is 0. The van der Waals surface area contributed by atoms with Crippen molar-refractivity contribution in [1.29, 1.82) is 0 Å². The maximum atomic E-state index is 12.0. The van der Waals surface area contributed by atoms with Gasteiger partial charge in [-0.15, -0.1) is 11.8 Å². The minimum atomic E-state index is 0.128. The van der Waals surface area contributed by atoms with Gasteiger partial charge in [-0.1, -0.05) is 37.8 Å². The van der Waals surface area contributed by atoms with Gasteiger partial charge in [0.1, 0.15) is 0 Å². The first-order valence-corrected chi connectivity index (χ1v) is 8.42. The molecule has 0 saturated heterocycles. The predicted molar refractivity (Wildman–Crippen MR) is 85.9 cm³/mol. The molecule has 20 heavy (non-hydrogen) atoms. The number of nitrogen functional groups attached to an aromatic ring is 1. The molecule has 0 unspecified atom stereocenters. The van der Waals surface area contributed by atoms with E-state index in [9.17, 15) is 4.79 Å². The summed E-state index contributed by atoms with van der Waals surface area (Å²) in [6.45, 7) is 1.99. The summed E-state index contributed by atoms with van der Waals surface area (Å²) in [4.78, 5) is 13.0. The molecule has 2 rings (SSSR count). The van der Waals surface area contributed by atoms with E-state index in [1.807, 2.05) is 25.1 Å². The van der Waals surface area contributed by atoms with Gasteiger partial charge in [-0.3, -0.25) is 4.79 Å². The van der Waals surface area contributed by atoms with Crippen LogP contribution in [-0.4, -0.2) is 17.7 Å². The van der Waals surface area contributed by atoms with Crippen molar-refractivity contribution >= 4 is 23.4 Å². The highest BCUT2D eigenvalue weighted by atomic mass is 32.2. The number of carbonyl (C=O) groups is 1. The molecule has 1 aromatic rings. The molecule has 0 spiro atoms. The number of rotatable bonds is 4. The summed E-state index contributed by atoms with van der Waals surface area (Å²) in [7, 11) is 0. The first-order chi connectivity index (χ1) is 9.66. The average Bonchev–Trinajstić information content (AvgIpc) is 2.69. The van der Waals surface area contributed by atoms with E-state index in [1.54, 1.807) is 0 Å². The van der Waals surface area contributed by atoms with E-state index in [-0.39, 0.29) is 5.91 Å². The first-order valence-electron chi connectivity index (χ1n) is 7.44. The van der Waals surface area contributed by atoms with Crippen molar-refractivity contribution in [2.75, 3.05) is 11.5 Å². The van der Waals surface area contributed by atoms with E-state index in [2.05, 4.69) is 5.32 Å². The molecular formula is C16H24N2OS. The van der Waals surface area contributed by atoms with E-state index in [0.717, 1.165) is 29.0 Å². The Bertz CT molecular complexity index is 454. The monoisotopic (exact) mass is 292 g/mol. The molecule has 1 aliphatic carbocycles. The molecule has 1 fully saturated rings. The second-order valence-electron chi connectivity index (χ2n) is 5.53. The van der Waals surface area contributed by atoms with Gasteiger partial charge in [0.25, 0.3) is 0 Å². The maximum Gasteiger partial charge on any atom is 0.230 e. The highest BCUT2D eigenvalue weighted by Gasteiger charge is 2.15. The van der Waals surface area contributed by atoms with Crippen LogP contribution in [0, 0.1) is 6.92 Å². The third kappa shape index (κ3) is 4.44. The van der Waals surface area contributed by atoms with Gasteiger partial charge in [0.15, 0.2) is 0 Å². The molecule has 3 N–H and O–H groups in total. The molecule has 4 heteroatoms. The van der Waals surface area contributed by atoms with E-state index in [4.69, 9.17) is 5.73 Å². The number of carbonyl (C=O) groups excluding carboxylic acids is 1. The van der Waals surface area contributed by atoms with Gasteiger partial charge in [-0.2, -0.15) is 0 Å². The fourth-order valence-corrected chi connectivity index (χ4v) is 3.48. The Kier molecular flexibility index (Phi) is 5.77. The Morgan fingerprint density at radius 1 is 1.30 bits per heavy atom. The smallest absolute Gasteiger partial charge is 0.230 e. The number of hydrogen-bond acceptors (Lipinski definition) is 3. The van der Waals surface area contributed by atoms with Crippen molar-refractivity contribution in [2.24, 2.45) is 0 Å². The number of thioether (sulfide) groups is 1. The quantitative estimate of drug-likeness (QED) is 0.507. The Balaban J connectivity index is 1.81. The predicted octanol–water partition coefficient (Wildman–Crippen LogP) is 3.51. The third-order valence-electron chi connectivity index (χ3n) is 3.86. The molecule has 0 atom stereocenters. The van der Waals surface area contributed by atoms with Crippen molar-refractivity contribution in [3.8, 4) is 0 Å². The second-order valence-corrected chi connectivity index (χ2v) is 6.55. The normalized spacial score (nSPS) is 16.6. The lowest BCUT2D eigenvalue weighted by atomic mass is 10.1. The SMILES string of the molecule is Cc1cccc(SCC(=O)NC2CCCCCC2)c1N. The molecule has 1 saturated carbocycles. The number of hydrogen-bond donors (Lipinski definition) is 2. The molecule has 1 amide bonds. The highest BCUT2D eigenvalue weighted by Crippen LogP contribution is 2.27. The third-order valence-corrected chi connectivity index (χ3v) is 4.94. The van der Waals surface area contributed by atoms with Gasteiger partial charge in [0.2, 0.25) is 5.91 Å². The molecule has 0 radical (unpaired) electrons.